The molecule has 1 amide bonds. The Morgan fingerprint density at radius 3 is 2.58 bits per heavy atom. The van der Waals surface area contributed by atoms with Crippen molar-refractivity contribution in [1.29, 1.82) is 5.26 Å². The average Bonchev–Trinajstić information content (AvgIpc) is 3.42. The van der Waals surface area contributed by atoms with E-state index in [1.807, 2.05) is 76.0 Å². The third-order valence-electron chi connectivity index (χ3n) is 9.14. The number of fused-ring (bicyclic) bond motifs is 2. The summed E-state index contributed by atoms with van der Waals surface area (Å²) in [5.41, 5.74) is 1.28. The molecule has 11 nitrogen and oxygen atoms in total. The van der Waals surface area contributed by atoms with Crippen LogP contribution in [0.15, 0.2) is 42.6 Å². The number of likely N-dealkylation sites (tertiary alicyclic amines) is 1. The molecule has 2 fully saturated rings. The molecule has 6 rings (SSSR count). The first-order valence-electron chi connectivity index (χ1n) is 16.3. The molecule has 0 spiro atoms. The Hall–Kier alpha value is -4.60. The molecule has 0 N–H and O–H groups in total. The Morgan fingerprint density at radius 2 is 1.88 bits per heavy atom. The first-order valence-corrected chi connectivity index (χ1v) is 16.3. The van der Waals surface area contributed by atoms with Crippen molar-refractivity contribution in [2.24, 2.45) is 0 Å². The fraction of sp³-hybridized carbons (Fsp3) is 0.472. The summed E-state index contributed by atoms with van der Waals surface area (Å²) in [5.74, 6) is -0.140. The molecule has 2 aromatic carbocycles. The van der Waals surface area contributed by atoms with E-state index in [0.29, 0.717) is 29.9 Å². The number of piperazine rings is 1. The minimum atomic E-state index is -0.680. The van der Waals surface area contributed by atoms with Crippen molar-refractivity contribution in [2.75, 3.05) is 51.8 Å². The number of amides is 1. The third-order valence-corrected chi connectivity index (χ3v) is 9.14. The van der Waals surface area contributed by atoms with Crippen LogP contribution < -0.4 is 9.64 Å². The molecule has 0 bridgehead atoms. The molecule has 0 radical (unpaired) electrons. The Labute approximate surface area is 280 Å². The van der Waals surface area contributed by atoms with E-state index < -0.39 is 23.6 Å². The van der Waals surface area contributed by atoms with Gasteiger partial charge in [0.2, 0.25) is 0 Å². The summed E-state index contributed by atoms with van der Waals surface area (Å²) in [4.78, 5) is 32.9. The van der Waals surface area contributed by atoms with Gasteiger partial charge in [0.25, 0.3) is 0 Å². The molecule has 2 saturated heterocycles. The van der Waals surface area contributed by atoms with E-state index in [4.69, 9.17) is 19.2 Å². The number of aromatic nitrogens is 3. The number of halogens is 1. The van der Waals surface area contributed by atoms with Crippen LogP contribution in [0.5, 0.6) is 6.01 Å². The number of carbonyl (C=O) groups excluding carboxylic acids is 1. The number of carbonyl (C=O) groups is 1. The molecule has 3 atom stereocenters. The van der Waals surface area contributed by atoms with Crippen molar-refractivity contribution in [1.82, 2.24) is 24.8 Å². The highest BCUT2D eigenvalue weighted by Crippen LogP contribution is 2.36. The van der Waals surface area contributed by atoms with Gasteiger partial charge in [-0.05, 0) is 57.5 Å². The van der Waals surface area contributed by atoms with Gasteiger partial charge in [0.15, 0.2) is 5.82 Å². The van der Waals surface area contributed by atoms with Crippen molar-refractivity contribution >= 4 is 33.6 Å². The van der Waals surface area contributed by atoms with Gasteiger partial charge in [-0.2, -0.15) is 15.2 Å². The second-order valence-electron chi connectivity index (χ2n) is 13.6. The molecule has 2 aliphatic heterocycles. The van der Waals surface area contributed by atoms with Crippen LogP contribution in [0.4, 0.5) is 15.0 Å². The molecule has 0 saturated carbocycles. The summed E-state index contributed by atoms with van der Waals surface area (Å²) in [6.07, 6.45) is 2.12. The number of benzene rings is 2. The Morgan fingerprint density at radius 1 is 1.10 bits per heavy atom. The van der Waals surface area contributed by atoms with E-state index in [9.17, 15) is 10.1 Å². The number of ether oxygens (including phenoxy) is 3. The highest BCUT2D eigenvalue weighted by molar-refractivity contribution is 6.00. The number of hydrogen-bond acceptors (Lipinski definition) is 10. The number of anilines is 1. The quantitative estimate of drug-likeness (QED) is 0.244. The smallest absolute Gasteiger partial charge is 0.410 e. The maximum Gasteiger partial charge on any atom is 0.410 e. The molecule has 0 aliphatic carbocycles. The van der Waals surface area contributed by atoms with E-state index in [2.05, 4.69) is 20.9 Å². The van der Waals surface area contributed by atoms with Gasteiger partial charge in [-0.1, -0.05) is 36.4 Å². The number of rotatable bonds is 7. The van der Waals surface area contributed by atoms with Gasteiger partial charge in [-0.15, -0.1) is 0 Å². The van der Waals surface area contributed by atoms with Gasteiger partial charge in [-0.25, -0.2) is 9.18 Å². The maximum absolute atomic E-state index is 16.8. The van der Waals surface area contributed by atoms with Crippen molar-refractivity contribution < 1.29 is 23.4 Å². The lowest BCUT2D eigenvalue weighted by atomic mass is 9.97. The van der Waals surface area contributed by atoms with E-state index in [0.717, 1.165) is 29.3 Å². The van der Waals surface area contributed by atoms with Crippen LogP contribution in [-0.2, 0) is 9.47 Å². The van der Waals surface area contributed by atoms with E-state index in [-0.39, 0.29) is 48.9 Å². The largest absolute Gasteiger partial charge is 0.462 e. The first kappa shape index (κ1) is 33.3. The number of methoxy groups -OCH3 is 1. The predicted molar refractivity (Wildman–Crippen MR) is 181 cm³/mol. The van der Waals surface area contributed by atoms with Crippen LogP contribution in [0.25, 0.3) is 32.9 Å². The van der Waals surface area contributed by atoms with Crippen LogP contribution in [0.3, 0.4) is 0 Å². The van der Waals surface area contributed by atoms with Crippen LogP contribution in [-0.4, -0.2) is 102 Å². The van der Waals surface area contributed by atoms with Crippen LogP contribution >= 0.6 is 0 Å². The van der Waals surface area contributed by atoms with Gasteiger partial charge in [-0.3, -0.25) is 9.88 Å². The SMILES string of the molecule is CO[C@@H]1C[C@@H](COc2nc(N3CCN(C(=O)OC(C)(C)C)[C@@H](CC#N)C3)c3cnc(-c4cccc5cccc(C)c45)c(F)c3n2)N(C)C1. The Kier molecular flexibility index (Phi) is 9.36. The molecule has 4 heterocycles. The summed E-state index contributed by atoms with van der Waals surface area (Å²) in [6.45, 7) is 9.45. The molecule has 2 aliphatic rings. The lowest BCUT2D eigenvalue weighted by Crippen LogP contribution is -2.56. The number of hydrogen-bond donors (Lipinski definition) is 0. The van der Waals surface area contributed by atoms with E-state index in [1.54, 1.807) is 18.2 Å². The summed E-state index contributed by atoms with van der Waals surface area (Å²) in [6, 6.07) is 13.6. The molecular formula is C36H42FN7O4. The zero-order chi connectivity index (χ0) is 34.2. The molecule has 2 aromatic heterocycles. The van der Waals surface area contributed by atoms with Crippen LogP contribution in [0.2, 0.25) is 0 Å². The van der Waals surface area contributed by atoms with Crippen LogP contribution in [0.1, 0.15) is 39.2 Å². The highest BCUT2D eigenvalue weighted by atomic mass is 19.1. The van der Waals surface area contributed by atoms with E-state index in [1.165, 1.54) is 0 Å². The maximum atomic E-state index is 16.8. The van der Waals surface area contributed by atoms with Gasteiger partial charge in [0.05, 0.1) is 30.0 Å². The Bertz CT molecular complexity index is 1870. The standard InChI is InChI=1S/C36H42FN7O4/c1-22-9-7-10-23-11-8-12-27(29(22)23)31-30(37)32-28(18-39-31)33(41-34(40-32)47-21-25-17-26(46-6)20-42(25)5)43-15-16-44(24(19-43)13-14-38)35(45)48-36(2,3)4/h7-12,18,24-26H,13,15-17,19-21H2,1-6H3/t24-,25-,26+/m0/s1. The van der Waals surface area contributed by atoms with Crippen molar-refractivity contribution in [3.8, 4) is 23.3 Å². The van der Waals surface area contributed by atoms with Crippen LogP contribution in [0, 0.1) is 24.1 Å². The van der Waals surface area contributed by atoms with Crippen molar-refractivity contribution in [3.63, 3.8) is 0 Å². The zero-order valence-electron chi connectivity index (χ0n) is 28.4. The van der Waals surface area contributed by atoms with Crippen molar-refractivity contribution in [3.05, 3.63) is 54.0 Å². The zero-order valence-corrected chi connectivity index (χ0v) is 28.4. The normalized spacial score (nSPS) is 20.3. The minimum absolute atomic E-state index is 0.0447. The second kappa shape index (κ2) is 13.5. The lowest BCUT2D eigenvalue weighted by molar-refractivity contribution is 0.0145. The summed E-state index contributed by atoms with van der Waals surface area (Å²) in [7, 11) is 3.72. The van der Waals surface area contributed by atoms with Gasteiger partial charge >= 0.3 is 12.1 Å². The lowest BCUT2D eigenvalue weighted by Gasteiger charge is -2.41. The van der Waals surface area contributed by atoms with Gasteiger partial charge in [0, 0.05) is 51.1 Å². The van der Waals surface area contributed by atoms with Crippen molar-refractivity contribution in [2.45, 2.75) is 64.3 Å². The second-order valence-corrected chi connectivity index (χ2v) is 13.6. The molecule has 12 heteroatoms. The van der Waals surface area contributed by atoms with Gasteiger partial charge < -0.3 is 24.0 Å². The molecular weight excluding hydrogens is 613 g/mol. The fourth-order valence-electron chi connectivity index (χ4n) is 6.69. The Balaban J connectivity index is 1.41. The topological polar surface area (TPSA) is 117 Å². The third kappa shape index (κ3) is 6.70. The number of aryl methyl sites for hydroxylation is 1. The predicted octanol–water partition coefficient (Wildman–Crippen LogP) is 5.73. The summed E-state index contributed by atoms with van der Waals surface area (Å²) in [5, 5.41) is 12.0. The van der Waals surface area contributed by atoms with Gasteiger partial charge in [0.1, 0.15) is 29.2 Å². The summed E-state index contributed by atoms with van der Waals surface area (Å²) < 4.78 is 34.2. The minimum Gasteiger partial charge on any atom is -0.462 e. The highest BCUT2D eigenvalue weighted by Gasteiger charge is 2.35. The molecule has 4 aromatic rings. The fourth-order valence-corrected chi connectivity index (χ4v) is 6.69. The summed E-state index contributed by atoms with van der Waals surface area (Å²) >= 11 is 0. The molecule has 252 valence electrons. The monoisotopic (exact) mass is 655 g/mol. The first-order chi connectivity index (χ1) is 23.0. The average molecular weight is 656 g/mol. The molecule has 0 unspecified atom stereocenters. The number of likely N-dealkylation sites (N-methyl/N-ethyl adjacent to an activating group) is 1. The number of pyridine rings is 1. The molecule has 48 heavy (non-hydrogen) atoms. The van der Waals surface area contributed by atoms with E-state index >= 15 is 4.39 Å². The number of nitrogens with zero attached hydrogens (tertiary/aromatic N) is 7. The number of nitriles is 1.